The van der Waals surface area contributed by atoms with Gasteiger partial charge in [0.25, 0.3) is 0 Å². The zero-order valence-corrected chi connectivity index (χ0v) is 14.7. The summed E-state index contributed by atoms with van der Waals surface area (Å²) in [5.74, 6) is 0.00689. The van der Waals surface area contributed by atoms with E-state index in [2.05, 4.69) is 31.6 Å². The van der Waals surface area contributed by atoms with E-state index in [4.69, 9.17) is 0 Å². The molecule has 0 radical (unpaired) electrons. The monoisotopic (exact) mass is 386 g/mol. The van der Waals surface area contributed by atoms with Gasteiger partial charge < -0.3 is 5.32 Å². The van der Waals surface area contributed by atoms with Crippen molar-refractivity contribution in [3.63, 3.8) is 0 Å². The van der Waals surface area contributed by atoms with E-state index in [1.807, 2.05) is 47.8 Å². The van der Waals surface area contributed by atoms with Gasteiger partial charge >= 0.3 is 0 Å². The normalized spacial score (nSPS) is 10.5. The molecule has 2 aromatic heterocycles. The van der Waals surface area contributed by atoms with Crippen LogP contribution in [0.2, 0.25) is 0 Å². The number of benzene rings is 1. The molecule has 0 aliphatic carbocycles. The Hall–Kier alpha value is -1.98. The Morgan fingerprint density at radius 3 is 2.74 bits per heavy atom. The standard InChI is InChI=1S/C18H15BrN2OS/c19-16-5-3-13(4-6-16)10-17(22)21-11-14-2-1-8-20-18(14)15-7-9-23-12-15/h1-9,12H,10-11H2,(H,21,22). The Morgan fingerprint density at radius 1 is 1.17 bits per heavy atom. The molecule has 0 bridgehead atoms. The lowest BCUT2D eigenvalue weighted by molar-refractivity contribution is -0.120. The number of aromatic nitrogens is 1. The molecule has 0 atom stereocenters. The van der Waals surface area contributed by atoms with Crippen molar-refractivity contribution in [2.75, 3.05) is 0 Å². The van der Waals surface area contributed by atoms with Gasteiger partial charge in [0, 0.05) is 28.2 Å². The molecule has 3 aromatic rings. The molecule has 5 heteroatoms. The molecule has 1 aromatic carbocycles. The van der Waals surface area contributed by atoms with Gasteiger partial charge in [0.15, 0.2) is 0 Å². The number of carbonyl (C=O) groups is 1. The van der Waals surface area contributed by atoms with Crippen molar-refractivity contribution in [2.24, 2.45) is 0 Å². The maximum Gasteiger partial charge on any atom is 0.224 e. The number of hydrogen-bond donors (Lipinski definition) is 1. The summed E-state index contributed by atoms with van der Waals surface area (Å²) in [4.78, 5) is 16.6. The topological polar surface area (TPSA) is 42.0 Å². The zero-order valence-electron chi connectivity index (χ0n) is 12.3. The number of carbonyl (C=O) groups excluding carboxylic acids is 1. The second-order valence-corrected chi connectivity index (χ2v) is 6.80. The Labute approximate surface area is 147 Å². The molecule has 0 saturated carbocycles. The predicted octanol–water partition coefficient (Wildman–Crippen LogP) is 4.43. The second kappa shape index (κ2) is 7.53. The molecule has 1 N–H and O–H groups in total. The lowest BCUT2D eigenvalue weighted by atomic mass is 10.1. The molecule has 2 heterocycles. The quantitative estimate of drug-likeness (QED) is 0.704. The van der Waals surface area contributed by atoms with E-state index in [9.17, 15) is 4.79 Å². The van der Waals surface area contributed by atoms with Gasteiger partial charge in [-0.1, -0.05) is 34.1 Å². The molecule has 0 aliphatic heterocycles. The van der Waals surface area contributed by atoms with E-state index >= 15 is 0 Å². The van der Waals surface area contributed by atoms with Crippen LogP contribution in [-0.4, -0.2) is 10.9 Å². The molecule has 0 fully saturated rings. The fourth-order valence-corrected chi connectivity index (χ4v) is 3.19. The number of amides is 1. The number of thiophene rings is 1. The van der Waals surface area contributed by atoms with Gasteiger partial charge in [0.05, 0.1) is 12.1 Å². The van der Waals surface area contributed by atoms with Gasteiger partial charge in [-0.05, 0) is 40.8 Å². The van der Waals surface area contributed by atoms with Gasteiger partial charge in [-0.3, -0.25) is 9.78 Å². The van der Waals surface area contributed by atoms with Crippen molar-refractivity contribution in [3.05, 3.63) is 75.0 Å². The van der Waals surface area contributed by atoms with Crippen molar-refractivity contribution >= 4 is 33.2 Å². The van der Waals surface area contributed by atoms with E-state index in [0.29, 0.717) is 13.0 Å². The van der Waals surface area contributed by atoms with E-state index in [-0.39, 0.29) is 5.91 Å². The van der Waals surface area contributed by atoms with Crippen LogP contribution in [0.3, 0.4) is 0 Å². The van der Waals surface area contributed by atoms with Gasteiger partial charge in [0.2, 0.25) is 5.91 Å². The number of halogens is 1. The Bertz CT molecular complexity index is 785. The van der Waals surface area contributed by atoms with Gasteiger partial charge in [-0.15, -0.1) is 0 Å². The molecule has 3 nitrogen and oxygen atoms in total. The smallest absolute Gasteiger partial charge is 0.224 e. The molecule has 0 spiro atoms. The molecular formula is C18H15BrN2OS. The van der Waals surface area contributed by atoms with Crippen LogP contribution in [0.1, 0.15) is 11.1 Å². The zero-order chi connectivity index (χ0) is 16.1. The SMILES string of the molecule is O=C(Cc1ccc(Br)cc1)NCc1cccnc1-c1ccsc1. The Balaban J connectivity index is 1.64. The Morgan fingerprint density at radius 2 is 2.00 bits per heavy atom. The average Bonchev–Trinajstić information content (AvgIpc) is 3.10. The molecule has 116 valence electrons. The lowest BCUT2D eigenvalue weighted by Gasteiger charge is -2.09. The van der Waals surface area contributed by atoms with E-state index < -0.39 is 0 Å². The Kier molecular flexibility index (Phi) is 5.20. The highest BCUT2D eigenvalue weighted by molar-refractivity contribution is 9.10. The highest BCUT2D eigenvalue weighted by Gasteiger charge is 2.09. The van der Waals surface area contributed by atoms with Crippen LogP contribution in [0.25, 0.3) is 11.3 Å². The van der Waals surface area contributed by atoms with Gasteiger partial charge in [-0.2, -0.15) is 11.3 Å². The third-order valence-corrected chi connectivity index (χ3v) is 4.65. The highest BCUT2D eigenvalue weighted by Crippen LogP contribution is 2.23. The van der Waals surface area contributed by atoms with E-state index in [0.717, 1.165) is 26.9 Å². The molecule has 23 heavy (non-hydrogen) atoms. The summed E-state index contributed by atoms with van der Waals surface area (Å²) in [6.45, 7) is 0.481. The first-order chi connectivity index (χ1) is 11.2. The highest BCUT2D eigenvalue weighted by atomic mass is 79.9. The van der Waals surface area contributed by atoms with Crippen LogP contribution in [0.5, 0.6) is 0 Å². The van der Waals surface area contributed by atoms with Crippen molar-refractivity contribution in [1.82, 2.24) is 10.3 Å². The van der Waals surface area contributed by atoms with E-state index in [1.165, 1.54) is 0 Å². The number of hydrogen-bond acceptors (Lipinski definition) is 3. The van der Waals surface area contributed by atoms with Crippen LogP contribution in [0, 0.1) is 0 Å². The summed E-state index contributed by atoms with van der Waals surface area (Å²) in [6, 6.07) is 13.7. The third-order valence-electron chi connectivity index (χ3n) is 3.44. The number of rotatable bonds is 5. The van der Waals surface area contributed by atoms with Crippen molar-refractivity contribution < 1.29 is 4.79 Å². The molecule has 0 unspecified atom stereocenters. The van der Waals surface area contributed by atoms with Gasteiger partial charge in [-0.25, -0.2) is 0 Å². The first-order valence-corrected chi connectivity index (χ1v) is 8.93. The summed E-state index contributed by atoms with van der Waals surface area (Å²) < 4.78 is 1.01. The summed E-state index contributed by atoms with van der Waals surface area (Å²) in [5, 5.41) is 7.07. The minimum atomic E-state index is 0.00689. The van der Waals surface area contributed by atoms with Crippen molar-refractivity contribution in [1.29, 1.82) is 0 Å². The van der Waals surface area contributed by atoms with Crippen molar-refractivity contribution in [3.8, 4) is 11.3 Å². The second-order valence-electron chi connectivity index (χ2n) is 5.10. The number of nitrogens with one attached hydrogen (secondary N) is 1. The van der Waals surface area contributed by atoms with Crippen molar-refractivity contribution in [2.45, 2.75) is 13.0 Å². The number of pyridine rings is 1. The third kappa shape index (κ3) is 4.27. The largest absolute Gasteiger partial charge is 0.352 e. The maximum atomic E-state index is 12.1. The van der Waals surface area contributed by atoms with Crippen LogP contribution in [0.4, 0.5) is 0 Å². The van der Waals surface area contributed by atoms with Crippen LogP contribution in [0.15, 0.2) is 63.9 Å². The molecule has 0 aliphatic rings. The molecular weight excluding hydrogens is 372 g/mol. The first-order valence-electron chi connectivity index (χ1n) is 7.20. The fraction of sp³-hybridized carbons (Fsp3) is 0.111. The van der Waals surface area contributed by atoms with Crippen LogP contribution < -0.4 is 5.32 Å². The fourth-order valence-electron chi connectivity index (χ4n) is 2.28. The average molecular weight is 387 g/mol. The summed E-state index contributed by atoms with van der Waals surface area (Å²) in [5.41, 5.74) is 4.04. The summed E-state index contributed by atoms with van der Waals surface area (Å²) in [7, 11) is 0. The predicted molar refractivity (Wildman–Crippen MR) is 97.2 cm³/mol. The van der Waals surface area contributed by atoms with Crippen LogP contribution >= 0.6 is 27.3 Å². The van der Waals surface area contributed by atoms with E-state index in [1.54, 1.807) is 17.5 Å². The molecule has 0 saturated heterocycles. The van der Waals surface area contributed by atoms with Crippen LogP contribution in [-0.2, 0) is 17.8 Å². The van der Waals surface area contributed by atoms with Gasteiger partial charge in [0.1, 0.15) is 0 Å². The number of nitrogens with zero attached hydrogens (tertiary/aromatic N) is 1. The minimum Gasteiger partial charge on any atom is -0.352 e. The lowest BCUT2D eigenvalue weighted by Crippen LogP contribution is -2.24. The summed E-state index contributed by atoms with van der Waals surface area (Å²) >= 11 is 5.03. The minimum absolute atomic E-state index is 0.00689. The maximum absolute atomic E-state index is 12.1. The first kappa shape index (κ1) is 15.9. The molecule has 1 amide bonds. The molecule has 3 rings (SSSR count). The summed E-state index contributed by atoms with van der Waals surface area (Å²) in [6.07, 6.45) is 2.15.